The molecular weight excluding hydrogens is 358 g/mol. The average Bonchev–Trinajstić information content (AvgIpc) is 3.41. The van der Waals surface area contributed by atoms with Gasteiger partial charge in [0.2, 0.25) is 5.82 Å². The minimum absolute atomic E-state index is 0.125. The van der Waals surface area contributed by atoms with Crippen LogP contribution in [-0.2, 0) is 17.9 Å². The lowest BCUT2D eigenvalue weighted by atomic mass is 10.1. The van der Waals surface area contributed by atoms with Crippen molar-refractivity contribution in [2.75, 3.05) is 7.11 Å². The lowest BCUT2D eigenvalue weighted by molar-refractivity contribution is -0.00127. The van der Waals surface area contributed by atoms with Gasteiger partial charge >= 0.3 is 0 Å². The molecule has 0 radical (unpaired) electrons. The van der Waals surface area contributed by atoms with Crippen LogP contribution in [-0.4, -0.2) is 32.2 Å². The average molecular weight is 375 g/mol. The van der Waals surface area contributed by atoms with Crippen molar-refractivity contribution in [2.24, 2.45) is 0 Å². The second-order valence-corrected chi connectivity index (χ2v) is 6.43. The summed E-state index contributed by atoms with van der Waals surface area (Å²) in [5.74, 6) is 1.65. The summed E-state index contributed by atoms with van der Waals surface area (Å²) in [5.41, 5.74) is 3.29. The Morgan fingerprint density at radius 2 is 2.00 bits per heavy atom. The van der Waals surface area contributed by atoms with Crippen LogP contribution in [0.3, 0.4) is 0 Å². The highest BCUT2D eigenvalue weighted by atomic mass is 16.5. The molecule has 0 unspecified atom stereocenters. The molecule has 4 aromatic rings. The SMILES string of the molecule is COc1cccc([C@H]2Cn3nnc(-c4nc(-c5ccccc5)no4)c3CO2)c1. The van der Waals surface area contributed by atoms with Crippen molar-refractivity contribution in [1.82, 2.24) is 25.1 Å². The predicted molar refractivity (Wildman–Crippen MR) is 99.3 cm³/mol. The molecule has 2 aromatic heterocycles. The molecule has 8 nitrogen and oxygen atoms in total. The summed E-state index contributed by atoms with van der Waals surface area (Å²) in [6.45, 7) is 0.905. The van der Waals surface area contributed by atoms with E-state index in [2.05, 4.69) is 20.5 Å². The molecule has 0 aliphatic carbocycles. The van der Waals surface area contributed by atoms with Crippen LogP contribution in [0.25, 0.3) is 23.0 Å². The smallest absolute Gasteiger partial charge is 0.280 e. The van der Waals surface area contributed by atoms with Crippen molar-refractivity contribution in [2.45, 2.75) is 19.3 Å². The molecule has 140 valence electrons. The summed E-state index contributed by atoms with van der Waals surface area (Å²) < 4.78 is 18.6. The Bertz CT molecular complexity index is 1110. The number of hydrogen-bond donors (Lipinski definition) is 0. The van der Waals surface area contributed by atoms with E-state index in [0.717, 1.165) is 22.6 Å². The van der Waals surface area contributed by atoms with Gasteiger partial charge in [0.05, 0.1) is 26.0 Å². The maximum absolute atomic E-state index is 6.06. The van der Waals surface area contributed by atoms with Crippen LogP contribution < -0.4 is 4.74 Å². The molecule has 2 aromatic carbocycles. The summed E-state index contributed by atoms with van der Waals surface area (Å²) >= 11 is 0. The van der Waals surface area contributed by atoms with Gasteiger partial charge in [-0.3, -0.25) is 0 Å². The van der Waals surface area contributed by atoms with Crippen molar-refractivity contribution in [3.05, 3.63) is 65.9 Å². The number of aromatic nitrogens is 5. The monoisotopic (exact) mass is 375 g/mol. The van der Waals surface area contributed by atoms with Crippen molar-refractivity contribution < 1.29 is 14.0 Å². The number of benzene rings is 2. The van der Waals surface area contributed by atoms with Crippen LogP contribution in [0.15, 0.2) is 59.1 Å². The first-order valence-corrected chi connectivity index (χ1v) is 8.89. The molecule has 0 amide bonds. The van der Waals surface area contributed by atoms with Gasteiger partial charge in [-0.1, -0.05) is 52.8 Å². The van der Waals surface area contributed by atoms with E-state index in [-0.39, 0.29) is 6.10 Å². The van der Waals surface area contributed by atoms with Gasteiger partial charge in [0.15, 0.2) is 5.69 Å². The van der Waals surface area contributed by atoms with Crippen molar-refractivity contribution in [1.29, 1.82) is 0 Å². The molecule has 1 aliphatic rings. The molecule has 0 saturated heterocycles. The summed E-state index contributed by atoms with van der Waals surface area (Å²) in [6.07, 6.45) is -0.125. The predicted octanol–water partition coefficient (Wildman–Crippen LogP) is 3.28. The third-order valence-electron chi connectivity index (χ3n) is 4.72. The van der Waals surface area contributed by atoms with E-state index >= 15 is 0 Å². The first-order chi connectivity index (χ1) is 13.8. The highest BCUT2D eigenvalue weighted by molar-refractivity contribution is 5.58. The lowest BCUT2D eigenvalue weighted by Gasteiger charge is -2.24. The first-order valence-electron chi connectivity index (χ1n) is 8.89. The van der Waals surface area contributed by atoms with Crippen LogP contribution in [0.2, 0.25) is 0 Å². The van der Waals surface area contributed by atoms with E-state index in [4.69, 9.17) is 14.0 Å². The molecule has 0 spiro atoms. The molecule has 0 bridgehead atoms. The van der Waals surface area contributed by atoms with Gasteiger partial charge in [0, 0.05) is 5.56 Å². The fourth-order valence-corrected chi connectivity index (χ4v) is 3.25. The maximum atomic E-state index is 6.06. The van der Waals surface area contributed by atoms with E-state index in [1.54, 1.807) is 7.11 Å². The molecule has 0 fully saturated rings. The quantitative estimate of drug-likeness (QED) is 0.541. The fourth-order valence-electron chi connectivity index (χ4n) is 3.25. The number of methoxy groups -OCH3 is 1. The van der Waals surface area contributed by atoms with Gasteiger partial charge in [0.25, 0.3) is 5.89 Å². The number of hydrogen-bond acceptors (Lipinski definition) is 7. The third kappa shape index (κ3) is 2.93. The standard InChI is InChI=1S/C20H17N5O3/c1-26-15-9-5-8-14(10-15)17-11-25-16(12-27-17)18(22-24-25)20-21-19(23-28-20)13-6-3-2-4-7-13/h2-10,17H,11-12H2,1H3/t17-/m1/s1. The van der Waals surface area contributed by atoms with Crippen LogP contribution in [0.1, 0.15) is 17.4 Å². The van der Waals surface area contributed by atoms with E-state index in [1.807, 2.05) is 59.3 Å². The number of rotatable bonds is 4. The van der Waals surface area contributed by atoms with Crippen molar-refractivity contribution in [3.63, 3.8) is 0 Å². The van der Waals surface area contributed by atoms with E-state index in [1.165, 1.54) is 0 Å². The van der Waals surface area contributed by atoms with Gasteiger partial charge < -0.3 is 14.0 Å². The summed E-state index contributed by atoms with van der Waals surface area (Å²) in [4.78, 5) is 4.47. The maximum Gasteiger partial charge on any atom is 0.280 e. The summed E-state index contributed by atoms with van der Waals surface area (Å²) in [7, 11) is 1.65. The van der Waals surface area contributed by atoms with Crippen molar-refractivity contribution in [3.8, 4) is 28.7 Å². The van der Waals surface area contributed by atoms with E-state index in [9.17, 15) is 0 Å². The molecular formula is C20H17N5O3. The van der Waals surface area contributed by atoms with Crippen LogP contribution >= 0.6 is 0 Å². The lowest BCUT2D eigenvalue weighted by Crippen LogP contribution is -2.22. The molecule has 8 heteroatoms. The van der Waals surface area contributed by atoms with Crippen LogP contribution in [0.5, 0.6) is 5.75 Å². The molecule has 28 heavy (non-hydrogen) atoms. The topological polar surface area (TPSA) is 88.1 Å². The van der Waals surface area contributed by atoms with E-state index < -0.39 is 0 Å². The molecule has 1 aliphatic heterocycles. The van der Waals surface area contributed by atoms with Gasteiger partial charge in [-0.2, -0.15) is 4.98 Å². The Morgan fingerprint density at radius 3 is 2.86 bits per heavy atom. The van der Waals surface area contributed by atoms with Crippen LogP contribution in [0, 0.1) is 0 Å². The molecule has 0 N–H and O–H groups in total. The first kappa shape index (κ1) is 16.6. The highest BCUT2D eigenvalue weighted by Gasteiger charge is 2.28. The van der Waals surface area contributed by atoms with Gasteiger partial charge in [-0.15, -0.1) is 5.10 Å². The minimum Gasteiger partial charge on any atom is -0.497 e. The molecule has 1 atom stereocenters. The molecule has 3 heterocycles. The zero-order valence-electron chi connectivity index (χ0n) is 15.1. The Hall–Kier alpha value is -3.52. The van der Waals surface area contributed by atoms with Crippen molar-refractivity contribution >= 4 is 0 Å². The van der Waals surface area contributed by atoms with Crippen LogP contribution in [0.4, 0.5) is 0 Å². The van der Waals surface area contributed by atoms with Gasteiger partial charge in [0.1, 0.15) is 11.9 Å². The normalized spacial score (nSPS) is 16.0. The largest absolute Gasteiger partial charge is 0.497 e. The molecule has 5 rings (SSSR count). The number of ether oxygens (including phenoxy) is 2. The van der Waals surface area contributed by atoms with Gasteiger partial charge in [-0.05, 0) is 17.7 Å². The van der Waals surface area contributed by atoms with E-state index in [0.29, 0.717) is 30.6 Å². The zero-order chi connectivity index (χ0) is 18.9. The summed E-state index contributed by atoms with van der Waals surface area (Å²) in [6, 6.07) is 17.5. The summed E-state index contributed by atoms with van der Waals surface area (Å²) in [5, 5.41) is 12.6. The van der Waals surface area contributed by atoms with Gasteiger partial charge in [-0.25, -0.2) is 4.68 Å². The third-order valence-corrected chi connectivity index (χ3v) is 4.72. The second-order valence-electron chi connectivity index (χ2n) is 6.43. The fraction of sp³-hybridized carbons (Fsp3) is 0.200. The Balaban J connectivity index is 1.41. The highest BCUT2D eigenvalue weighted by Crippen LogP contribution is 2.32. The second kappa shape index (κ2) is 6.90. The zero-order valence-corrected chi connectivity index (χ0v) is 15.1. The Labute approximate surface area is 160 Å². The number of nitrogens with zero attached hydrogens (tertiary/aromatic N) is 5. The Kier molecular flexibility index (Phi) is 4.10. The number of fused-ring (bicyclic) bond motifs is 1. The Morgan fingerprint density at radius 1 is 1.11 bits per heavy atom. The molecule has 0 saturated carbocycles. The minimum atomic E-state index is -0.125.